The van der Waals surface area contributed by atoms with Gasteiger partial charge in [0.15, 0.2) is 23.0 Å². The average molecular weight is 386 g/mol. The van der Waals surface area contributed by atoms with Gasteiger partial charge >= 0.3 is 0 Å². The van der Waals surface area contributed by atoms with E-state index in [1.54, 1.807) is 46.6 Å². The lowest BCUT2D eigenvalue weighted by molar-refractivity contribution is 0.0746. The molecule has 0 atom stereocenters. The van der Waals surface area contributed by atoms with Crippen molar-refractivity contribution >= 4 is 11.6 Å². The molecule has 0 aromatic heterocycles. The van der Waals surface area contributed by atoms with E-state index in [2.05, 4.69) is 4.90 Å². The van der Waals surface area contributed by atoms with E-state index in [0.717, 1.165) is 18.8 Å². The van der Waals surface area contributed by atoms with Crippen LogP contribution in [0.2, 0.25) is 0 Å². The Labute approximate surface area is 165 Å². The summed E-state index contributed by atoms with van der Waals surface area (Å²) in [6, 6.07) is 11.1. The summed E-state index contributed by atoms with van der Waals surface area (Å²) in [6.07, 6.45) is 0. The summed E-state index contributed by atoms with van der Waals surface area (Å²) in [5.74, 6) is 2.56. The number of hydrogen-bond donors (Lipinski definition) is 0. The molecule has 0 aliphatic carbocycles. The SMILES string of the molecule is COc1ccc(C(=O)N2CCN(c3ccc(OC)c(OC)c3)CC2)cc1OC. The molecule has 0 radical (unpaired) electrons. The third-order valence-electron chi connectivity index (χ3n) is 4.93. The molecule has 0 N–H and O–H groups in total. The molecule has 3 rings (SSSR count). The third-order valence-corrected chi connectivity index (χ3v) is 4.93. The maximum absolute atomic E-state index is 12.9. The molecule has 0 unspecified atom stereocenters. The fraction of sp³-hybridized carbons (Fsp3) is 0.381. The number of methoxy groups -OCH3 is 4. The van der Waals surface area contributed by atoms with Crippen molar-refractivity contribution < 1.29 is 23.7 Å². The molecule has 1 amide bonds. The summed E-state index contributed by atoms with van der Waals surface area (Å²) >= 11 is 0. The molecule has 0 bridgehead atoms. The molecular formula is C21H26N2O5. The Balaban J connectivity index is 1.67. The number of nitrogens with zero attached hydrogens (tertiary/aromatic N) is 2. The Kier molecular flexibility index (Phi) is 6.13. The summed E-state index contributed by atoms with van der Waals surface area (Å²) in [6.45, 7) is 2.77. The van der Waals surface area contributed by atoms with Crippen molar-refractivity contribution in [1.82, 2.24) is 4.90 Å². The van der Waals surface area contributed by atoms with Gasteiger partial charge in [-0.2, -0.15) is 0 Å². The highest BCUT2D eigenvalue weighted by Crippen LogP contribution is 2.32. The van der Waals surface area contributed by atoms with Crippen LogP contribution < -0.4 is 23.8 Å². The van der Waals surface area contributed by atoms with Gasteiger partial charge in [0.05, 0.1) is 28.4 Å². The van der Waals surface area contributed by atoms with Crippen LogP contribution in [0.15, 0.2) is 36.4 Å². The lowest BCUT2D eigenvalue weighted by Gasteiger charge is -2.36. The molecule has 1 aliphatic heterocycles. The van der Waals surface area contributed by atoms with Crippen LogP contribution in [0.1, 0.15) is 10.4 Å². The van der Waals surface area contributed by atoms with Gasteiger partial charge in [0.1, 0.15) is 0 Å². The van der Waals surface area contributed by atoms with Crippen LogP contribution in [-0.2, 0) is 0 Å². The number of benzene rings is 2. The minimum absolute atomic E-state index is 0.00656. The maximum Gasteiger partial charge on any atom is 0.254 e. The minimum atomic E-state index is -0.00656. The smallest absolute Gasteiger partial charge is 0.254 e. The van der Waals surface area contributed by atoms with Crippen LogP contribution in [0, 0.1) is 0 Å². The number of anilines is 1. The quantitative estimate of drug-likeness (QED) is 0.761. The highest BCUT2D eigenvalue weighted by molar-refractivity contribution is 5.95. The summed E-state index contributed by atoms with van der Waals surface area (Å²) < 4.78 is 21.2. The molecule has 2 aromatic rings. The van der Waals surface area contributed by atoms with Crippen LogP contribution in [0.5, 0.6) is 23.0 Å². The number of hydrogen-bond acceptors (Lipinski definition) is 6. The number of carbonyl (C=O) groups is 1. The van der Waals surface area contributed by atoms with E-state index < -0.39 is 0 Å². The van der Waals surface area contributed by atoms with E-state index in [1.165, 1.54) is 0 Å². The van der Waals surface area contributed by atoms with E-state index in [9.17, 15) is 4.79 Å². The second-order valence-corrected chi connectivity index (χ2v) is 6.39. The van der Waals surface area contributed by atoms with Crippen molar-refractivity contribution in [2.75, 3.05) is 59.5 Å². The Hall–Kier alpha value is -3.09. The predicted molar refractivity (Wildman–Crippen MR) is 107 cm³/mol. The standard InChI is InChI=1S/C21H26N2O5/c1-25-17-7-5-15(13-19(17)27-3)21(24)23-11-9-22(10-12-23)16-6-8-18(26-2)20(14-16)28-4/h5-8,13-14H,9-12H2,1-4H3. The fourth-order valence-electron chi connectivity index (χ4n) is 3.34. The van der Waals surface area contributed by atoms with Gasteiger partial charge in [-0.05, 0) is 30.3 Å². The van der Waals surface area contributed by atoms with Crippen molar-refractivity contribution in [3.63, 3.8) is 0 Å². The minimum Gasteiger partial charge on any atom is -0.493 e. The first-order chi connectivity index (χ1) is 13.6. The van der Waals surface area contributed by atoms with Gasteiger partial charge in [0.2, 0.25) is 0 Å². The normalized spacial score (nSPS) is 13.9. The molecule has 1 saturated heterocycles. The van der Waals surface area contributed by atoms with E-state index in [0.29, 0.717) is 41.7 Å². The highest BCUT2D eigenvalue weighted by Gasteiger charge is 2.23. The Morgan fingerprint density at radius 3 is 1.82 bits per heavy atom. The number of ether oxygens (including phenoxy) is 4. The molecule has 0 saturated carbocycles. The molecule has 1 aliphatic rings. The Morgan fingerprint density at radius 1 is 0.714 bits per heavy atom. The summed E-state index contributed by atoms with van der Waals surface area (Å²) in [4.78, 5) is 17.0. The largest absolute Gasteiger partial charge is 0.493 e. The molecule has 7 nitrogen and oxygen atoms in total. The fourth-order valence-corrected chi connectivity index (χ4v) is 3.34. The molecule has 0 spiro atoms. The topological polar surface area (TPSA) is 60.5 Å². The van der Waals surface area contributed by atoms with Crippen LogP contribution >= 0.6 is 0 Å². The van der Waals surface area contributed by atoms with Gasteiger partial charge < -0.3 is 28.7 Å². The van der Waals surface area contributed by atoms with Crippen LogP contribution in [-0.4, -0.2) is 65.4 Å². The zero-order valence-electron chi connectivity index (χ0n) is 16.7. The van der Waals surface area contributed by atoms with Crippen molar-refractivity contribution in [3.05, 3.63) is 42.0 Å². The van der Waals surface area contributed by atoms with Crippen LogP contribution in [0.3, 0.4) is 0 Å². The van der Waals surface area contributed by atoms with Crippen LogP contribution in [0.4, 0.5) is 5.69 Å². The van der Waals surface area contributed by atoms with Crippen molar-refractivity contribution in [1.29, 1.82) is 0 Å². The first-order valence-corrected chi connectivity index (χ1v) is 9.09. The van der Waals surface area contributed by atoms with Gasteiger partial charge in [-0.1, -0.05) is 0 Å². The predicted octanol–water partition coefficient (Wildman–Crippen LogP) is 2.68. The molecule has 7 heteroatoms. The second kappa shape index (κ2) is 8.73. The first-order valence-electron chi connectivity index (χ1n) is 9.09. The van der Waals surface area contributed by atoms with Crippen molar-refractivity contribution in [3.8, 4) is 23.0 Å². The molecular weight excluding hydrogens is 360 g/mol. The number of amides is 1. The van der Waals surface area contributed by atoms with Gasteiger partial charge in [-0.3, -0.25) is 4.79 Å². The summed E-state index contributed by atoms with van der Waals surface area (Å²) in [5, 5.41) is 0. The number of carbonyl (C=O) groups excluding carboxylic acids is 1. The third kappa shape index (κ3) is 3.93. The van der Waals surface area contributed by atoms with Crippen molar-refractivity contribution in [2.24, 2.45) is 0 Å². The molecule has 1 heterocycles. The van der Waals surface area contributed by atoms with E-state index in [-0.39, 0.29) is 5.91 Å². The molecule has 150 valence electrons. The zero-order valence-corrected chi connectivity index (χ0v) is 16.7. The Bertz CT molecular complexity index is 832. The first kappa shape index (κ1) is 19.7. The lowest BCUT2D eigenvalue weighted by Crippen LogP contribution is -2.48. The average Bonchev–Trinajstić information content (AvgIpc) is 2.77. The zero-order chi connectivity index (χ0) is 20.1. The summed E-state index contributed by atoms with van der Waals surface area (Å²) in [7, 11) is 6.39. The second-order valence-electron chi connectivity index (χ2n) is 6.39. The highest BCUT2D eigenvalue weighted by atomic mass is 16.5. The Morgan fingerprint density at radius 2 is 1.25 bits per heavy atom. The molecule has 28 heavy (non-hydrogen) atoms. The van der Waals surface area contributed by atoms with E-state index in [1.807, 2.05) is 23.1 Å². The summed E-state index contributed by atoms with van der Waals surface area (Å²) in [5.41, 5.74) is 1.65. The molecule has 2 aromatic carbocycles. The molecule has 1 fully saturated rings. The van der Waals surface area contributed by atoms with E-state index >= 15 is 0 Å². The van der Waals surface area contributed by atoms with Gasteiger partial charge in [0.25, 0.3) is 5.91 Å². The lowest BCUT2D eigenvalue weighted by atomic mass is 10.1. The van der Waals surface area contributed by atoms with Crippen molar-refractivity contribution in [2.45, 2.75) is 0 Å². The number of piperazine rings is 1. The van der Waals surface area contributed by atoms with Gasteiger partial charge in [0, 0.05) is 43.5 Å². The number of rotatable bonds is 6. The van der Waals surface area contributed by atoms with Crippen LogP contribution in [0.25, 0.3) is 0 Å². The van der Waals surface area contributed by atoms with Gasteiger partial charge in [-0.15, -0.1) is 0 Å². The van der Waals surface area contributed by atoms with E-state index in [4.69, 9.17) is 18.9 Å². The van der Waals surface area contributed by atoms with Gasteiger partial charge in [-0.25, -0.2) is 0 Å². The monoisotopic (exact) mass is 386 g/mol. The maximum atomic E-state index is 12.9.